The van der Waals surface area contributed by atoms with E-state index in [0.29, 0.717) is 23.9 Å². The largest absolute Gasteiger partial charge is 0.382 e. The molecule has 1 aliphatic heterocycles. The van der Waals surface area contributed by atoms with Gasteiger partial charge in [0.25, 0.3) is 5.91 Å². The zero-order valence-electron chi connectivity index (χ0n) is 12.4. The predicted molar refractivity (Wildman–Crippen MR) is 89.5 cm³/mol. The Hall–Kier alpha value is -0.990. The van der Waals surface area contributed by atoms with E-state index in [1.54, 1.807) is 11.8 Å². The number of hydrogen-bond acceptors (Lipinski definition) is 7. The fourth-order valence-corrected chi connectivity index (χ4v) is 3.75. The lowest BCUT2D eigenvalue weighted by atomic mass is 10.2. The summed E-state index contributed by atoms with van der Waals surface area (Å²) in [6.07, 6.45) is 2.94. The van der Waals surface area contributed by atoms with E-state index >= 15 is 0 Å². The maximum Gasteiger partial charge on any atom is 0.265 e. The zero-order valence-corrected chi connectivity index (χ0v) is 14.1. The Labute approximate surface area is 133 Å². The van der Waals surface area contributed by atoms with Gasteiger partial charge in [0, 0.05) is 24.9 Å². The average molecular weight is 330 g/mol. The van der Waals surface area contributed by atoms with Gasteiger partial charge >= 0.3 is 0 Å². The van der Waals surface area contributed by atoms with Crippen LogP contribution >= 0.6 is 23.1 Å². The molecule has 8 heteroatoms. The Balaban J connectivity index is 2.05. The van der Waals surface area contributed by atoms with E-state index in [0.717, 1.165) is 30.4 Å². The Morgan fingerprint density at radius 2 is 2.29 bits per heavy atom. The van der Waals surface area contributed by atoms with Crippen molar-refractivity contribution in [1.82, 2.24) is 10.3 Å². The Bertz CT molecular complexity index is 475. The van der Waals surface area contributed by atoms with Crippen molar-refractivity contribution < 1.29 is 9.53 Å². The molecule has 21 heavy (non-hydrogen) atoms. The first kappa shape index (κ1) is 16.4. The first-order valence-corrected chi connectivity index (χ1v) is 9.25. The molecule has 1 fully saturated rings. The molecular formula is C13H22N4O2S2. The Morgan fingerprint density at radius 3 is 2.90 bits per heavy atom. The number of nitrogen functional groups attached to an aromatic ring is 1. The summed E-state index contributed by atoms with van der Waals surface area (Å²) in [5.41, 5.74) is 5.92. The molecule has 1 aromatic rings. The minimum absolute atomic E-state index is 0.120. The van der Waals surface area contributed by atoms with Crippen LogP contribution in [0.5, 0.6) is 0 Å². The van der Waals surface area contributed by atoms with Gasteiger partial charge in [0.2, 0.25) is 0 Å². The number of anilines is 2. The highest BCUT2D eigenvalue weighted by atomic mass is 32.2. The fourth-order valence-electron chi connectivity index (χ4n) is 2.09. The third kappa shape index (κ3) is 4.24. The minimum Gasteiger partial charge on any atom is -0.382 e. The number of hydrogen-bond donors (Lipinski definition) is 2. The van der Waals surface area contributed by atoms with Crippen molar-refractivity contribution in [3.8, 4) is 0 Å². The van der Waals surface area contributed by atoms with E-state index in [9.17, 15) is 4.79 Å². The molecule has 1 atom stereocenters. The van der Waals surface area contributed by atoms with Gasteiger partial charge in [-0.1, -0.05) is 18.3 Å². The summed E-state index contributed by atoms with van der Waals surface area (Å²) in [6, 6.07) is 0.167. The van der Waals surface area contributed by atoms with E-state index in [2.05, 4.69) is 22.1 Å². The first-order chi connectivity index (χ1) is 10.2. The van der Waals surface area contributed by atoms with Gasteiger partial charge in [-0.15, -0.1) is 0 Å². The van der Waals surface area contributed by atoms with E-state index in [1.807, 2.05) is 6.26 Å². The predicted octanol–water partition coefficient (Wildman–Crippen LogP) is 1.43. The highest BCUT2D eigenvalue weighted by Gasteiger charge is 2.22. The van der Waals surface area contributed by atoms with Crippen LogP contribution in [0.1, 0.15) is 23.0 Å². The minimum atomic E-state index is -0.120. The number of nitrogens with one attached hydrogen (secondary N) is 1. The number of carbonyl (C=O) groups is 1. The number of thiazole rings is 1. The topological polar surface area (TPSA) is 80.5 Å². The van der Waals surface area contributed by atoms with Crippen LogP contribution in [0.15, 0.2) is 0 Å². The van der Waals surface area contributed by atoms with Crippen LogP contribution in [0.25, 0.3) is 0 Å². The lowest BCUT2D eigenvalue weighted by Gasteiger charge is -2.25. The molecule has 1 amide bonds. The summed E-state index contributed by atoms with van der Waals surface area (Å²) >= 11 is 3.08. The van der Waals surface area contributed by atoms with Gasteiger partial charge in [-0.2, -0.15) is 11.8 Å². The fraction of sp³-hybridized carbons (Fsp3) is 0.692. The molecule has 0 radical (unpaired) electrons. The van der Waals surface area contributed by atoms with Crippen molar-refractivity contribution in [3.05, 3.63) is 4.88 Å². The zero-order chi connectivity index (χ0) is 15.2. The maximum absolute atomic E-state index is 12.3. The molecule has 0 spiro atoms. The first-order valence-electron chi connectivity index (χ1n) is 7.04. The summed E-state index contributed by atoms with van der Waals surface area (Å²) in [7, 11) is 0. The number of nitrogens with zero attached hydrogens (tertiary/aromatic N) is 2. The van der Waals surface area contributed by atoms with Crippen molar-refractivity contribution >= 4 is 40.0 Å². The standard InChI is InChI=1S/C13H22N4O2S2/c1-3-9(8-20-2)15-12(18)10-11(14)16-13(21-10)17-4-6-19-7-5-17/h9H,3-8,14H2,1-2H3,(H,15,18). The molecule has 0 aliphatic carbocycles. The smallest absolute Gasteiger partial charge is 0.265 e. The van der Waals surface area contributed by atoms with Crippen molar-refractivity contribution in [3.63, 3.8) is 0 Å². The second-order valence-electron chi connectivity index (χ2n) is 4.84. The normalized spacial score (nSPS) is 16.8. The Kier molecular flexibility index (Phi) is 6.13. The lowest BCUT2D eigenvalue weighted by molar-refractivity contribution is 0.0945. The molecule has 3 N–H and O–H groups in total. The summed E-state index contributed by atoms with van der Waals surface area (Å²) in [6.45, 7) is 5.02. The number of rotatable bonds is 6. The number of amides is 1. The van der Waals surface area contributed by atoms with Gasteiger partial charge < -0.3 is 20.7 Å². The molecule has 1 unspecified atom stereocenters. The Morgan fingerprint density at radius 1 is 1.57 bits per heavy atom. The SMILES string of the molecule is CCC(CSC)NC(=O)c1sc(N2CCOCC2)nc1N. The van der Waals surface area contributed by atoms with Gasteiger partial charge in [0.15, 0.2) is 5.13 Å². The van der Waals surface area contributed by atoms with E-state index in [4.69, 9.17) is 10.5 Å². The highest BCUT2D eigenvalue weighted by Crippen LogP contribution is 2.28. The highest BCUT2D eigenvalue weighted by molar-refractivity contribution is 7.98. The second kappa shape index (κ2) is 7.86. The molecule has 1 aromatic heterocycles. The van der Waals surface area contributed by atoms with Crippen molar-refractivity contribution in [2.45, 2.75) is 19.4 Å². The van der Waals surface area contributed by atoms with E-state index in [-0.39, 0.29) is 11.9 Å². The van der Waals surface area contributed by atoms with Crippen LogP contribution in [0.4, 0.5) is 10.9 Å². The quantitative estimate of drug-likeness (QED) is 0.821. The van der Waals surface area contributed by atoms with Crippen LogP contribution in [-0.4, -0.2) is 55.2 Å². The molecule has 6 nitrogen and oxygen atoms in total. The summed E-state index contributed by atoms with van der Waals surface area (Å²) in [4.78, 5) is 19.3. The second-order valence-corrected chi connectivity index (χ2v) is 6.73. The number of ether oxygens (including phenoxy) is 1. The van der Waals surface area contributed by atoms with Crippen LogP contribution in [0, 0.1) is 0 Å². The van der Waals surface area contributed by atoms with Crippen LogP contribution < -0.4 is 16.0 Å². The lowest BCUT2D eigenvalue weighted by Crippen LogP contribution is -2.36. The molecule has 1 saturated heterocycles. The van der Waals surface area contributed by atoms with Crippen LogP contribution in [0.2, 0.25) is 0 Å². The maximum atomic E-state index is 12.3. The molecular weight excluding hydrogens is 308 g/mol. The molecule has 0 saturated carbocycles. The molecule has 0 bridgehead atoms. The van der Waals surface area contributed by atoms with Crippen LogP contribution in [0.3, 0.4) is 0 Å². The molecule has 2 heterocycles. The van der Waals surface area contributed by atoms with E-state index in [1.165, 1.54) is 11.3 Å². The third-order valence-electron chi connectivity index (χ3n) is 3.33. The van der Waals surface area contributed by atoms with Crippen LogP contribution in [-0.2, 0) is 4.74 Å². The van der Waals surface area contributed by atoms with Gasteiger partial charge in [-0.3, -0.25) is 4.79 Å². The number of aromatic nitrogens is 1. The van der Waals surface area contributed by atoms with Gasteiger partial charge in [-0.25, -0.2) is 4.98 Å². The third-order valence-corrected chi connectivity index (χ3v) is 5.19. The summed E-state index contributed by atoms with van der Waals surface area (Å²) < 4.78 is 5.32. The number of thioether (sulfide) groups is 1. The van der Waals surface area contributed by atoms with Crippen molar-refractivity contribution in [2.75, 3.05) is 48.9 Å². The average Bonchev–Trinajstić information content (AvgIpc) is 2.89. The molecule has 0 aromatic carbocycles. The van der Waals surface area contributed by atoms with Gasteiger partial charge in [0.1, 0.15) is 10.7 Å². The molecule has 1 aliphatic rings. The van der Waals surface area contributed by atoms with Crippen molar-refractivity contribution in [1.29, 1.82) is 0 Å². The molecule has 2 rings (SSSR count). The number of morpholine rings is 1. The van der Waals surface area contributed by atoms with Gasteiger partial charge in [0.05, 0.1) is 13.2 Å². The summed E-state index contributed by atoms with van der Waals surface area (Å²) in [5, 5.41) is 3.83. The summed E-state index contributed by atoms with van der Waals surface area (Å²) in [5.74, 6) is 1.10. The number of carbonyl (C=O) groups excluding carboxylic acids is 1. The number of nitrogens with two attached hydrogens (primary N) is 1. The van der Waals surface area contributed by atoms with Gasteiger partial charge in [-0.05, 0) is 12.7 Å². The van der Waals surface area contributed by atoms with Crippen molar-refractivity contribution in [2.24, 2.45) is 0 Å². The monoisotopic (exact) mass is 330 g/mol. The van der Waals surface area contributed by atoms with E-state index < -0.39 is 0 Å². The molecule has 118 valence electrons.